The van der Waals surface area contributed by atoms with E-state index in [1.165, 1.54) is 0 Å². The Morgan fingerprint density at radius 3 is 2.43 bits per heavy atom. The molecule has 0 aromatic carbocycles. The number of nitrogens with zero attached hydrogens (tertiary/aromatic N) is 1. The summed E-state index contributed by atoms with van der Waals surface area (Å²) in [6.07, 6.45) is 0. The van der Waals surface area contributed by atoms with Gasteiger partial charge in [-0.1, -0.05) is 6.92 Å². The molecule has 0 radical (unpaired) electrons. The van der Waals surface area contributed by atoms with E-state index in [9.17, 15) is 0 Å². The normalized spacial score (nSPS) is 15.9. The van der Waals surface area contributed by atoms with E-state index in [0.29, 0.717) is 12.1 Å². The van der Waals surface area contributed by atoms with Gasteiger partial charge >= 0.3 is 0 Å². The van der Waals surface area contributed by atoms with Crippen molar-refractivity contribution in [2.45, 2.75) is 39.8 Å². The average Bonchev–Trinajstić information content (AvgIpc) is 2.17. The minimum Gasteiger partial charge on any atom is -0.380 e. The molecule has 0 bridgehead atoms. The van der Waals surface area contributed by atoms with Gasteiger partial charge in [0.15, 0.2) is 0 Å². The topological polar surface area (TPSA) is 24.5 Å². The molecule has 0 fully saturated rings. The highest BCUT2D eigenvalue weighted by atomic mass is 16.5. The van der Waals surface area contributed by atoms with E-state index in [0.717, 1.165) is 26.3 Å². The molecule has 0 aromatic rings. The lowest BCUT2D eigenvalue weighted by molar-refractivity contribution is 0.103. The smallest absolute Gasteiger partial charge is 0.0593 e. The van der Waals surface area contributed by atoms with Crippen LogP contribution in [0.2, 0.25) is 0 Å². The Morgan fingerprint density at radius 2 is 1.93 bits per heavy atom. The molecule has 0 saturated heterocycles. The summed E-state index contributed by atoms with van der Waals surface area (Å²) in [4.78, 5) is 2.34. The van der Waals surface area contributed by atoms with E-state index in [-0.39, 0.29) is 0 Å². The second-order valence-electron chi connectivity index (χ2n) is 3.76. The second-order valence-corrected chi connectivity index (χ2v) is 3.76. The van der Waals surface area contributed by atoms with Crippen LogP contribution in [0, 0.1) is 0 Å². The maximum Gasteiger partial charge on any atom is 0.0593 e. The molecule has 2 unspecified atom stereocenters. The first-order valence-electron chi connectivity index (χ1n) is 5.64. The van der Waals surface area contributed by atoms with Gasteiger partial charge in [-0.3, -0.25) is 4.90 Å². The van der Waals surface area contributed by atoms with E-state index in [1.54, 1.807) is 0 Å². The summed E-state index contributed by atoms with van der Waals surface area (Å²) in [7, 11) is 2.15. The average molecular weight is 202 g/mol. The van der Waals surface area contributed by atoms with Crippen molar-refractivity contribution in [3.8, 4) is 0 Å². The highest BCUT2D eigenvalue weighted by molar-refractivity contribution is 4.74. The molecule has 3 heteroatoms. The standard InChI is InChI=1S/C11H26N2O/c1-6-12-10(3)11(4)13(5)8-9-14-7-2/h10-12H,6-9H2,1-5H3. The predicted octanol–water partition coefficient (Wildman–Crippen LogP) is 1.34. The number of hydrogen-bond donors (Lipinski definition) is 1. The molecule has 0 spiro atoms. The fourth-order valence-electron chi connectivity index (χ4n) is 1.43. The highest BCUT2D eigenvalue weighted by Crippen LogP contribution is 2.01. The summed E-state index contributed by atoms with van der Waals surface area (Å²) in [6.45, 7) is 12.3. The van der Waals surface area contributed by atoms with Crippen molar-refractivity contribution in [1.82, 2.24) is 10.2 Å². The monoisotopic (exact) mass is 202 g/mol. The molecular weight excluding hydrogens is 176 g/mol. The zero-order valence-corrected chi connectivity index (χ0v) is 10.3. The number of likely N-dealkylation sites (N-methyl/N-ethyl adjacent to an activating group) is 2. The van der Waals surface area contributed by atoms with Crippen LogP contribution >= 0.6 is 0 Å². The third kappa shape index (κ3) is 5.58. The third-order valence-corrected chi connectivity index (χ3v) is 2.74. The van der Waals surface area contributed by atoms with Crippen LogP contribution in [-0.2, 0) is 4.74 Å². The van der Waals surface area contributed by atoms with Gasteiger partial charge in [0.1, 0.15) is 0 Å². The number of rotatable bonds is 8. The maximum atomic E-state index is 5.33. The van der Waals surface area contributed by atoms with Crippen molar-refractivity contribution in [2.75, 3.05) is 33.4 Å². The Kier molecular flexibility index (Phi) is 8.14. The van der Waals surface area contributed by atoms with Crippen molar-refractivity contribution >= 4 is 0 Å². The number of ether oxygens (including phenoxy) is 1. The molecule has 3 nitrogen and oxygen atoms in total. The van der Waals surface area contributed by atoms with Gasteiger partial charge in [0, 0.05) is 25.2 Å². The molecule has 0 aromatic heterocycles. The van der Waals surface area contributed by atoms with Crippen LogP contribution in [-0.4, -0.2) is 50.3 Å². The first-order valence-corrected chi connectivity index (χ1v) is 5.64. The van der Waals surface area contributed by atoms with Gasteiger partial charge in [-0.05, 0) is 34.4 Å². The lowest BCUT2D eigenvalue weighted by atomic mass is 10.1. The van der Waals surface area contributed by atoms with Crippen LogP contribution in [0.4, 0.5) is 0 Å². The summed E-state index contributed by atoms with van der Waals surface area (Å²) < 4.78 is 5.33. The number of hydrogen-bond acceptors (Lipinski definition) is 3. The SMILES string of the molecule is CCNC(C)C(C)N(C)CCOCC. The van der Waals surface area contributed by atoms with Crippen molar-refractivity contribution in [2.24, 2.45) is 0 Å². The Bertz CT molecular complexity index is 130. The van der Waals surface area contributed by atoms with Crippen LogP contribution < -0.4 is 5.32 Å². The number of nitrogens with one attached hydrogen (secondary N) is 1. The molecule has 86 valence electrons. The maximum absolute atomic E-state index is 5.33. The van der Waals surface area contributed by atoms with Crippen molar-refractivity contribution < 1.29 is 4.74 Å². The van der Waals surface area contributed by atoms with Crippen LogP contribution in [0.1, 0.15) is 27.7 Å². The van der Waals surface area contributed by atoms with E-state index in [4.69, 9.17) is 4.74 Å². The lowest BCUT2D eigenvalue weighted by Crippen LogP contribution is -2.46. The summed E-state index contributed by atoms with van der Waals surface area (Å²) in [6, 6.07) is 1.09. The highest BCUT2D eigenvalue weighted by Gasteiger charge is 2.15. The molecule has 1 N–H and O–H groups in total. The molecule has 0 rings (SSSR count). The van der Waals surface area contributed by atoms with E-state index >= 15 is 0 Å². The molecule has 0 aliphatic rings. The minimum atomic E-state index is 0.534. The van der Waals surface area contributed by atoms with Gasteiger partial charge in [-0.2, -0.15) is 0 Å². The minimum absolute atomic E-state index is 0.534. The molecule has 0 aliphatic carbocycles. The van der Waals surface area contributed by atoms with Gasteiger partial charge < -0.3 is 10.1 Å². The largest absolute Gasteiger partial charge is 0.380 e. The first kappa shape index (κ1) is 13.9. The quantitative estimate of drug-likeness (QED) is 0.601. The van der Waals surface area contributed by atoms with Crippen molar-refractivity contribution in [3.63, 3.8) is 0 Å². The second kappa shape index (κ2) is 8.21. The summed E-state index contributed by atoms with van der Waals surface area (Å²) in [5.74, 6) is 0. The van der Waals surface area contributed by atoms with Gasteiger partial charge in [-0.15, -0.1) is 0 Å². The van der Waals surface area contributed by atoms with Gasteiger partial charge in [0.05, 0.1) is 6.61 Å². The van der Waals surface area contributed by atoms with Crippen LogP contribution in [0.5, 0.6) is 0 Å². The lowest BCUT2D eigenvalue weighted by Gasteiger charge is -2.30. The van der Waals surface area contributed by atoms with Crippen molar-refractivity contribution in [1.29, 1.82) is 0 Å². The summed E-state index contributed by atoms with van der Waals surface area (Å²) in [5.41, 5.74) is 0. The Morgan fingerprint density at radius 1 is 1.29 bits per heavy atom. The van der Waals surface area contributed by atoms with Gasteiger partial charge in [0.25, 0.3) is 0 Å². The zero-order valence-electron chi connectivity index (χ0n) is 10.3. The molecule has 14 heavy (non-hydrogen) atoms. The van der Waals surface area contributed by atoms with Crippen LogP contribution in [0.3, 0.4) is 0 Å². The molecule has 0 saturated carbocycles. The predicted molar refractivity (Wildman–Crippen MR) is 61.7 cm³/mol. The van der Waals surface area contributed by atoms with Crippen LogP contribution in [0.25, 0.3) is 0 Å². The molecule has 0 heterocycles. The molecule has 0 amide bonds. The van der Waals surface area contributed by atoms with E-state index in [1.807, 2.05) is 6.92 Å². The summed E-state index contributed by atoms with van der Waals surface area (Å²) in [5, 5.41) is 3.43. The van der Waals surface area contributed by atoms with Crippen molar-refractivity contribution in [3.05, 3.63) is 0 Å². The fourth-order valence-corrected chi connectivity index (χ4v) is 1.43. The Balaban J connectivity index is 3.68. The zero-order chi connectivity index (χ0) is 11.0. The molecule has 2 atom stereocenters. The van der Waals surface area contributed by atoms with Gasteiger partial charge in [0.2, 0.25) is 0 Å². The van der Waals surface area contributed by atoms with Gasteiger partial charge in [-0.25, -0.2) is 0 Å². The molecule has 0 aliphatic heterocycles. The summed E-state index contributed by atoms with van der Waals surface area (Å²) >= 11 is 0. The Hall–Kier alpha value is -0.120. The van der Waals surface area contributed by atoms with E-state index < -0.39 is 0 Å². The first-order chi connectivity index (χ1) is 6.63. The molecular formula is C11H26N2O. The van der Waals surface area contributed by atoms with Crippen LogP contribution in [0.15, 0.2) is 0 Å². The van der Waals surface area contributed by atoms with E-state index in [2.05, 4.69) is 38.0 Å². The third-order valence-electron chi connectivity index (χ3n) is 2.74. The fraction of sp³-hybridized carbons (Fsp3) is 1.00. The Labute approximate surface area is 88.8 Å².